The normalized spacial score (nSPS) is 11.1. The summed E-state index contributed by atoms with van der Waals surface area (Å²) in [4.78, 5) is 14.1. The lowest BCUT2D eigenvalue weighted by Gasteiger charge is -2.25. The first-order valence-corrected chi connectivity index (χ1v) is 6.91. The summed E-state index contributed by atoms with van der Waals surface area (Å²) in [5.41, 5.74) is 7.06. The van der Waals surface area contributed by atoms with Crippen molar-refractivity contribution in [2.75, 3.05) is 37.9 Å². The number of rotatable bonds is 8. The number of methoxy groups -OCH3 is 1. The maximum atomic E-state index is 11.9. The van der Waals surface area contributed by atoms with Gasteiger partial charge < -0.3 is 15.8 Å². The summed E-state index contributed by atoms with van der Waals surface area (Å²) in [6, 6.07) is 7.60. The number of benzene rings is 1. The SMILES string of the molecule is COCCN(CCC(=O)Nc1cccc(N)c1)C(C)C. The van der Waals surface area contributed by atoms with Gasteiger partial charge in [0.1, 0.15) is 0 Å². The molecule has 5 nitrogen and oxygen atoms in total. The Morgan fingerprint density at radius 3 is 2.75 bits per heavy atom. The minimum atomic E-state index is -0.00123. The molecule has 0 spiro atoms. The van der Waals surface area contributed by atoms with E-state index in [1.165, 1.54) is 0 Å². The van der Waals surface area contributed by atoms with E-state index in [-0.39, 0.29) is 5.91 Å². The van der Waals surface area contributed by atoms with Gasteiger partial charge in [0.25, 0.3) is 0 Å². The molecule has 0 saturated heterocycles. The molecule has 0 aliphatic rings. The van der Waals surface area contributed by atoms with Crippen molar-refractivity contribution >= 4 is 17.3 Å². The summed E-state index contributed by atoms with van der Waals surface area (Å²) in [5, 5.41) is 2.86. The molecule has 112 valence electrons. The summed E-state index contributed by atoms with van der Waals surface area (Å²) in [6.07, 6.45) is 0.455. The largest absolute Gasteiger partial charge is 0.399 e. The number of nitrogens with two attached hydrogens (primary N) is 1. The van der Waals surface area contributed by atoms with Crippen LogP contribution in [0, 0.1) is 0 Å². The number of anilines is 2. The molecule has 0 unspecified atom stereocenters. The first-order chi connectivity index (χ1) is 9.52. The number of carbonyl (C=O) groups excluding carboxylic acids is 1. The molecular weight excluding hydrogens is 254 g/mol. The van der Waals surface area contributed by atoms with Gasteiger partial charge in [-0.2, -0.15) is 0 Å². The lowest BCUT2D eigenvalue weighted by Crippen LogP contribution is -2.36. The fourth-order valence-electron chi connectivity index (χ4n) is 1.92. The summed E-state index contributed by atoms with van der Waals surface area (Å²) in [7, 11) is 1.69. The van der Waals surface area contributed by atoms with Gasteiger partial charge in [0.15, 0.2) is 0 Å². The summed E-state index contributed by atoms with van der Waals surface area (Å²) < 4.78 is 5.08. The molecular formula is C15H25N3O2. The fourth-order valence-corrected chi connectivity index (χ4v) is 1.92. The molecule has 0 atom stereocenters. The van der Waals surface area contributed by atoms with Crippen molar-refractivity contribution in [1.82, 2.24) is 4.90 Å². The van der Waals surface area contributed by atoms with Crippen LogP contribution in [0.5, 0.6) is 0 Å². The summed E-state index contributed by atoms with van der Waals surface area (Å²) in [5.74, 6) is -0.00123. The highest BCUT2D eigenvalue weighted by Gasteiger charge is 2.11. The van der Waals surface area contributed by atoms with Crippen LogP contribution in [-0.4, -0.2) is 43.7 Å². The van der Waals surface area contributed by atoms with E-state index in [1.54, 1.807) is 19.2 Å². The molecule has 0 radical (unpaired) electrons. The molecule has 1 aromatic carbocycles. The molecule has 1 amide bonds. The zero-order valence-corrected chi connectivity index (χ0v) is 12.6. The van der Waals surface area contributed by atoms with Crippen molar-refractivity contribution in [2.45, 2.75) is 26.3 Å². The van der Waals surface area contributed by atoms with E-state index in [4.69, 9.17) is 10.5 Å². The minimum absolute atomic E-state index is 0.00123. The van der Waals surface area contributed by atoms with Crippen molar-refractivity contribution < 1.29 is 9.53 Å². The Balaban J connectivity index is 2.41. The number of amides is 1. The summed E-state index contributed by atoms with van der Waals surface area (Å²) >= 11 is 0. The van der Waals surface area contributed by atoms with Gasteiger partial charge in [0.2, 0.25) is 5.91 Å². The predicted molar refractivity (Wildman–Crippen MR) is 82.7 cm³/mol. The molecule has 1 rings (SSSR count). The van der Waals surface area contributed by atoms with E-state index in [0.717, 1.165) is 18.8 Å². The van der Waals surface area contributed by atoms with E-state index in [9.17, 15) is 4.79 Å². The van der Waals surface area contributed by atoms with Crippen LogP contribution in [0.15, 0.2) is 24.3 Å². The molecule has 20 heavy (non-hydrogen) atoms. The average molecular weight is 279 g/mol. The van der Waals surface area contributed by atoms with E-state index in [1.807, 2.05) is 12.1 Å². The minimum Gasteiger partial charge on any atom is -0.399 e. The molecule has 0 aromatic heterocycles. The molecule has 0 saturated carbocycles. The highest BCUT2D eigenvalue weighted by atomic mass is 16.5. The van der Waals surface area contributed by atoms with Crippen LogP contribution in [0.3, 0.4) is 0 Å². The number of nitrogen functional groups attached to an aromatic ring is 1. The first-order valence-electron chi connectivity index (χ1n) is 6.91. The van der Waals surface area contributed by atoms with Crippen LogP contribution in [0.1, 0.15) is 20.3 Å². The highest BCUT2D eigenvalue weighted by Crippen LogP contribution is 2.12. The maximum Gasteiger partial charge on any atom is 0.225 e. The maximum absolute atomic E-state index is 11.9. The van der Waals surface area contributed by atoms with Crippen molar-refractivity contribution in [2.24, 2.45) is 0 Å². The van der Waals surface area contributed by atoms with E-state index in [2.05, 4.69) is 24.1 Å². The molecule has 0 fully saturated rings. The van der Waals surface area contributed by atoms with Crippen molar-refractivity contribution in [1.29, 1.82) is 0 Å². The van der Waals surface area contributed by atoms with Crippen molar-refractivity contribution in [3.05, 3.63) is 24.3 Å². The number of ether oxygens (including phenoxy) is 1. The number of nitrogens with one attached hydrogen (secondary N) is 1. The predicted octanol–water partition coefficient (Wildman–Crippen LogP) is 1.95. The monoisotopic (exact) mass is 279 g/mol. The Morgan fingerprint density at radius 2 is 2.15 bits per heavy atom. The smallest absolute Gasteiger partial charge is 0.225 e. The van der Waals surface area contributed by atoms with Crippen molar-refractivity contribution in [3.63, 3.8) is 0 Å². The van der Waals surface area contributed by atoms with Crippen LogP contribution < -0.4 is 11.1 Å². The molecule has 1 aromatic rings. The second kappa shape index (κ2) is 8.55. The number of hydrogen-bond acceptors (Lipinski definition) is 4. The fraction of sp³-hybridized carbons (Fsp3) is 0.533. The van der Waals surface area contributed by atoms with Crippen LogP contribution in [0.25, 0.3) is 0 Å². The zero-order valence-electron chi connectivity index (χ0n) is 12.6. The first kappa shape index (κ1) is 16.5. The molecule has 3 N–H and O–H groups in total. The Kier molecular flexibility index (Phi) is 7.04. The Bertz CT molecular complexity index is 421. The van der Waals surface area contributed by atoms with E-state index >= 15 is 0 Å². The van der Waals surface area contributed by atoms with Gasteiger partial charge in [0, 0.05) is 44.0 Å². The highest BCUT2D eigenvalue weighted by molar-refractivity contribution is 5.91. The molecule has 0 aliphatic heterocycles. The Hall–Kier alpha value is -1.59. The molecule has 5 heteroatoms. The van der Waals surface area contributed by atoms with Crippen LogP contribution in [-0.2, 0) is 9.53 Å². The van der Waals surface area contributed by atoms with Gasteiger partial charge in [-0.25, -0.2) is 0 Å². The van der Waals surface area contributed by atoms with Crippen LogP contribution in [0.2, 0.25) is 0 Å². The van der Waals surface area contributed by atoms with Gasteiger partial charge in [-0.05, 0) is 32.0 Å². The topological polar surface area (TPSA) is 67.6 Å². The molecule has 0 bridgehead atoms. The third kappa shape index (κ3) is 6.04. The van der Waals surface area contributed by atoms with Gasteiger partial charge >= 0.3 is 0 Å². The van der Waals surface area contributed by atoms with Crippen LogP contribution in [0.4, 0.5) is 11.4 Å². The van der Waals surface area contributed by atoms with Gasteiger partial charge in [-0.3, -0.25) is 9.69 Å². The Morgan fingerprint density at radius 1 is 1.40 bits per heavy atom. The van der Waals surface area contributed by atoms with Gasteiger partial charge in [-0.1, -0.05) is 6.07 Å². The third-order valence-electron chi connectivity index (χ3n) is 3.11. The quantitative estimate of drug-likeness (QED) is 0.714. The van der Waals surface area contributed by atoms with E-state index < -0.39 is 0 Å². The van der Waals surface area contributed by atoms with Gasteiger partial charge in [0.05, 0.1) is 6.61 Å². The average Bonchev–Trinajstić information content (AvgIpc) is 2.38. The molecule has 0 aliphatic carbocycles. The summed E-state index contributed by atoms with van der Waals surface area (Å²) in [6.45, 7) is 6.46. The number of carbonyl (C=O) groups is 1. The van der Waals surface area contributed by atoms with E-state index in [0.29, 0.717) is 24.8 Å². The lowest BCUT2D eigenvalue weighted by atomic mass is 10.2. The third-order valence-corrected chi connectivity index (χ3v) is 3.11. The number of nitrogens with zero attached hydrogens (tertiary/aromatic N) is 1. The standard InChI is InChI=1S/C15H25N3O2/c1-12(2)18(9-10-20-3)8-7-15(19)17-14-6-4-5-13(16)11-14/h4-6,11-12H,7-10,16H2,1-3H3,(H,17,19). The lowest BCUT2D eigenvalue weighted by molar-refractivity contribution is -0.116. The second-order valence-electron chi connectivity index (χ2n) is 5.05. The number of hydrogen-bond donors (Lipinski definition) is 2. The van der Waals surface area contributed by atoms with Gasteiger partial charge in [-0.15, -0.1) is 0 Å². The van der Waals surface area contributed by atoms with Crippen LogP contribution >= 0.6 is 0 Å². The zero-order chi connectivity index (χ0) is 15.0. The molecule has 0 heterocycles. The van der Waals surface area contributed by atoms with Crippen molar-refractivity contribution in [3.8, 4) is 0 Å². The Labute approximate surface area is 121 Å². The second-order valence-corrected chi connectivity index (χ2v) is 5.05.